The van der Waals surface area contributed by atoms with Gasteiger partial charge in [-0.2, -0.15) is 15.5 Å². The smallest absolute Gasteiger partial charge is 0.224 e. The molecule has 0 aliphatic rings. The maximum absolute atomic E-state index is 12.4. The van der Waals surface area contributed by atoms with Crippen molar-refractivity contribution in [1.29, 1.82) is 5.26 Å². The zero-order valence-electron chi connectivity index (χ0n) is 15.5. The van der Waals surface area contributed by atoms with Crippen LogP contribution in [0.5, 0.6) is 0 Å². The summed E-state index contributed by atoms with van der Waals surface area (Å²) in [5, 5.41) is 20.4. The zero-order chi connectivity index (χ0) is 19.2. The predicted molar refractivity (Wildman–Crippen MR) is 102 cm³/mol. The van der Waals surface area contributed by atoms with E-state index in [1.807, 2.05) is 55.1 Å². The van der Waals surface area contributed by atoms with Gasteiger partial charge in [-0.15, -0.1) is 0 Å². The number of hydrogen-bond acceptors (Lipinski definition) is 4. The fourth-order valence-corrected chi connectivity index (χ4v) is 3.08. The average molecular weight is 362 g/mol. The summed E-state index contributed by atoms with van der Waals surface area (Å²) in [4.78, 5) is 12.4. The number of amides is 1. The third-order valence-electron chi connectivity index (χ3n) is 4.47. The maximum atomic E-state index is 12.4. The van der Waals surface area contributed by atoms with Gasteiger partial charge in [-0.25, -0.2) is 4.68 Å². The fraction of sp³-hybridized carbons (Fsp3) is 0.300. The summed E-state index contributed by atoms with van der Waals surface area (Å²) in [6, 6.07) is 11.6. The second kappa shape index (κ2) is 8.32. The highest BCUT2D eigenvalue weighted by molar-refractivity contribution is 5.91. The number of nitriles is 1. The van der Waals surface area contributed by atoms with E-state index in [1.54, 1.807) is 10.9 Å². The Morgan fingerprint density at radius 3 is 2.89 bits per heavy atom. The molecule has 3 aromatic rings. The second-order valence-corrected chi connectivity index (χ2v) is 6.33. The number of nitrogens with one attached hydrogen (secondary N) is 1. The number of aromatic nitrogens is 4. The van der Waals surface area contributed by atoms with E-state index in [9.17, 15) is 4.79 Å². The van der Waals surface area contributed by atoms with Crippen molar-refractivity contribution in [2.24, 2.45) is 0 Å². The molecule has 3 rings (SSSR count). The molecule has 0 spiro atoms. The first-order chi connectivity index (χ1) is 13.1. The lowest BCUT2D eigenvalue weighted by molar-refractivity contribution is -0.116. The lowest BCUT2D eigenvalue weighted by atomic mass is 10.1. The number of hydrogen-bond donors (Lipinski definition) is 1. The Hall–Kier alpha value is -3.40. The van der Waals surface area contributed by atoms with Gasteiger partial charge in [-0.1, -0.05) is 6.07 Å². The molecular formula is C20H22N6O. The molecule has 0 unspecified atom stereocenters. The standard InChI is InChI=1S/C20H22N6O/c1-15-19(16(2)25(24-15)12-4-10-21)8-9-20(27)23-17-6-3-7-18(14-17)26-13-5-11-22-26/h3,5-7,11,13-14H,4,8-9,12H2,1-2H3,(H,23,27). The van der Waals surface area contributed by atoms with E-state index in [-0.39, 0.29) is 5.91 Å². The second-order valence-electron chi connectivity index (χ2n) is 6.33. The van der Waals surface area contributed by atoms with E-state index >= 15 is 0 Å². The number of benzene rings is 1. The molecule has 27 heavy (non-hydrogen) atoms. The third kappa shape index (κ3) is 4.42. The van der Waals surface area contributed by atoms with Crippen molar-refractivity contribution >= 4 is 11.6 Å². The number of rotatable bonds is 7. The largest absolute Gasteiger partial charge is 0.326 e. The van der Waals surface area contributed by atoms with Crippen molar-refractivity contribution in [2.75, 3.05) is 5.32 Å². The summed E-state index contributed by atoms with van der Waals surface area (Å²) in [6.45, 7) is 4.50. The predicted octanol–water partition coefficient (Wildman–Crippen LogP) is 3.17. The molecule has 138 valence electrons. The molecule has 1 aromatic carbocycles. The summed E-state index contributed by atoms with van der Waals surface area (Å²) in [7, 11) is 0. The van der Waals surface area contributed by atoms with Crippen LogP contribution in [0.4, 0.5) is 5.69 Å². The van der Waals surface area contributed by atoms with Crippen molar-refractivity contribution < 1.29 is 4.79 Å². The Kier molecular flexibility index (Phi) is 5.67. The Morgan fingerprint density at radius 2 is 2.15 bits per heavy atom. The first-order valence-corrected chi connectivity index (χ1v) is 8.88. The minimum absolute atomic E-state index is 0.0452. The van der Waals surface area contributed by atoms with Crippen LogP contribution in [-0.4, -0.2) is 25.5 Å². The van der Waals surface area contributed by atoms with E-state index in [2.05, 4.69) is 21.6 Å². The molecule has 0 bridgehead atoms. The van der Waals surface area contributed by atoms with Gasteiger partial charge in [0.05, 0.1) is 30.4 Å². The van der Waals surface area contributed by atoms with E-state index in [4.69, 9.17) is 5.26 Å². The summed E-state index contributed by atoms with van der Waals surface area (Å²) in [5.41, 5.74) is 4.65. The van der Waals surface area contributed by atoms with Crippen molar-refractivity contribution in [3.63, 3.8) is 0 Å². The number of carbonyl (C=O) groups excluding carboxylic acids is 1. The Labute approximate surface area is 158 Å². The van der Waals surface area contributed by atoms with E-state index in [0.717, 1.165) is 28.3 Å². The molecular weight excluding hydrogens is 340 g/mol. The summed E-state index contributed by atoms with van der Waals surface area (Å²) >= 11 is 0. The van der Waals surface area contributed by atoms with Gasteiger partial charge in [-0.3, -0.25) is 9.48 Å². The van der Waals surface area contributed by atoms with Crippen LogP contribution < -0.4 is 5.32 Å². The Balaban J connectivity index is 1.62. The zero-order valence-corrected chi connectivity index (χ0v) is 15.5. The van der Waals surface area contributed by atoms with Crippen LogP contribution in [0.3, 0.4) is 0 Å². The number of aryl methyl sites for hydroxylation is 2. The van der Waals surface area contributed by atoms with E-state index in [1.165, 1.54) is 0 Å². The van der Waals surface area contributed by atoms with Crippen LogP contribution in [0.25, 0.3) is 5.69 Å². The molecule has 0 fully saturated rings. The maximum Gasteiger partial charge on any atom is 0.224 e. The Morgan fingerprint density at radius 1 is 1.30 bits per heavy atom. The van der Waals surface area contributed by atoms with Gasteiger partial charge in [0.1, 0.15) is 0 Å². The van der Waals surface area contributed by atoms with E-state index < -0.39 is 0 Å². The van der Waals surface area contributed by atoms with Gasteiger partial charge in [0, 0.05) is 30.2 Å². The molecule has 0 saturated carbocycles. The SMILES string of the molecule is Cc1nn(CCC#N)c(C)c1CCC(=O)Nc1cccc(-n2cccn2)c1. The molecule has 0 radical (unpaired) electrons. The minimum Gasteiger partial charge on any atom is -0.326 e. The van der Waals surface area contributed by atoms with Crippen LogP contribution in [0, 0.1) is 25.2 Å². The first-order valence-electron chi connectivity index (χ1n) is 8.88. The normalized spacial score (nSPS) is 10.6. The van der Waals surface area contributed by atoms with Crippen molar-refractivity contribution in [2.45, 2.75) is 39.7 Å². The fourth-order valence-electron chi connectivity index (χ4n) is 3.08. The average Bonchev–Trinajstić information content (AvgIpc) is 3.28. The summed E-state index contributed by atoms with van der Waals surface area (Å²) in [6.07, 6.45) is 4.99. The van der Waals surface area contributed by atoms with Crippen molar-refractivity contribution in [3.05, 3.63) is 59.7 Å². The highest BCUT2D eigenvalue weighted by atomic mass is 16.1. The number of carbonyl (C=O) groups is 1. The molecule has 7 nitrogen and oxygen atoms in total. The Bertz CT molecular complexity index is 965. The number of anilines is 1. The molecule has 2 aromatic heterocycles. The first kappa shape index (κ1) is 18.4. The van der Waals surface area contributed by atoms with E-state index in [0.29, 0.717) is 25.8 Å². The number of nitrogens with zero attached hydrogens (tertiary/aromatic N) is 5. The van der Waals surface area contributed by atoms with Crippen LogP contribution in [0.2, 0.25) is 0 Å². The molecule has 2 heterocycles. The van der Waals surface area contributed by atoms with Crippen molar-refractivity contribution in [3.8, 4) is 11.8 Å². The highest BCUT2D eigenvalue weighted by Crippen LogP contribution is 2.17. The van der Waals surface area contributed by atoms with Crippen molar-refractivity contribution in [1.82, 2.24) is 19.6 Å². The highest BCUT2D eigenvalue weighted by Gasteiger charge is 2.13. The lowest BCUT2D eigenvalue weighted by Crippen LogP contribution is -2.13. The molecule has 1 amide bonds. The molecule has 0 atom stereocenters. The molecule has 0 aliphatic heterocycles. The van der Waals surface area contributed by atoms with Gasteiger partial charge in [0.2, 0.25) is 5.91 Å². The third-order valence-corrected chi connectivity index (χ3v) is 4.47. The molecule has 7 heteroatoms. The summed E-state index contributed by atoms with van der Waals surface area (Å²) < 4.78 is 3.59. The van der Waals surface area contributed by atoms with Crippen LogP contribution in [-0.2, 0) is 17.8 Å². The quantitative estimate of drug-likeness (QED) is 0.699. The summed E-state index contributed by atoms with van der Waals surface area (Å²) in [5.74, 6) is -0.0452. The van der Waals surface area contributed by atoms with Gasteiger partial charge in [0.25, 0.3) is 0 Å². The topological polar surface area (TPSA) is 88.5 Å². The molecule has 1 N–H and O–H groups in total. The van der Waals surface area contributed by atoms with Crippen LogP contribution >= 0.6 is 0 Å². The molecule has 0 saturated heterocycles. The van der Waals surface area contributed by atoms with Gasteiger partial charge < -0.3 is 5.32 Å². The van der Waals surface area contributed by atoms with Crippen LogP contribution in [0.15, 0.2) is 42.7 Å². The van der Waals surface area contributed by atoms with Gasteiger partial charge in [0.15, 0.2) is 0 Å². The lowest BCUT2D eigenvalue weighted by Gasteiger charge is -2.08. The van der Waals surface area contributed by atoms with Gasteiger partial charge >= 0.3 is 0 Å². The molecule has 0 aliphatic carbocycles. The minimum atomic E-state index is -0.0452. The van der Waals surface area contributed by atoms with Gasteiger partial charge in [-0.05, 0) is 50.1 Å². The van der Waals surface area contributed by atoms with Crippen LogP contribution in [0.1, 0.15) is 29.8 Å². The monoisotopic (exact) mass is 362 g/mol.